The van der Waals surface area contributed by atoms with Gasteiger partial charge in [0.25, 0.3) is 5.91 Å². The minimum atomic E-state index is -0.743. The Balaban J connectivity index is 2.58. The first-order chi connectivity index (χ1) is 9.81. The third-order valence-corrected chi connectivity index (χ3v) is 3.18. The number of amides is 1. The van der Waals surface area contributed by atoms with E-state index in [0.717, 1.165) is 6.42 Å². The molecule has 0 aliphatic carbocycles. The lowest BCUT2D eigenvalue weighted by molar-refractivity contribution is -0.127. The van der Waals surface area contributed by atoms with Gasteiger partial charge in [-0.05, 0) is 43.9 Å². The van der Waals surface area contributed by atoms with Crippen LogP contribution in [0.15, 0.2) is 18.2 Å². The van der Waals surface area contributed by atoms with Crippen molar-refractivity contribution < 1.29 is 13.9 Å². The lowest BCUT2D eigenvalue weighted by Crippen LogP contribution is -2.37. The van der Waals surface area contributed by atoms with Crippen LogP contribution in [0, 0.1) is 11.7 Å². The van der Waals surface area contributed by atoms with E-state index in [0.29, 0.717) is 18.0 Å². The zero-order chi connectivity index (χ0) is 16.0. The summed E-state index contributed by atoms with van der Waals surface area (Å²) in [7, 11) is 0. The molecule has 0 saturated heterocycles. The number of carbonyl (C=O) groups is 1. The second-order valence-corrected chi connectivity index (χ2v) is 5.71. The van der Waals surface area contributed by atoms with Crippen LogP contribution in [0.5, 0.6) is 5.75 Å². The number of hydrogen-bond donors (Lipinski definition) is 2. The average molecular weight is 296 g/mol. The number of carbonyl (C=O) groups excluding carboxylic acids is 1. The lowest BCUT2D eigenvalue weighted by atomic mass is 10.1. The molecule has 21 heavy (non-hydrogen) atoms. The van der Waals surface area contributed by atoms with Gasteiger partial charge in [0.2, 0.25) is 0 Å². The predicted octanol–water partition coefficient (Wildman–Crippen LogP) is 2.78. The summed E-state index contributed by atoms with van der Waals surface area (Å²) in [6.45, 7) is 8.14. The van der Waals surface area contributed by atoms with Gasteiger partial charge >= 0.3 is 0 Å². The van der Waals surface area contributed by atoms with Gasteiger partial charge in [-0.2, -0.15) is 0 Å². The first kappa shape index (κ1) is 17.4. The summed E-state index contributed by atoms with van der Waals surface area (Å²) in [6, 6.07) is 4.30. The molecular weight excluding hydrogens is 271 g/mol. The molecule has 1 aromatic rings. The van der Waals surface area contributed by atoms with Crippen LogP contribution in [0.1, 0.15) is 45.7 Å². The van der Waals surface area contributed by atoms with Gasteiger partial charge < -0.3 is 15.8 Å². The normalized spacial score (nSPS) is 13.9. The van der Waals surface area contributed by atoms with Crippen LogP contribution in [-0.4, -0.2) is 18.6 Å². The molecule has 0 aromatic heterocycles. The van der Waals surface area contributed by atoms with Gasteiger partial charge in [0.15, 0.2) is 17.7 Å². The van der Waals surface area contributed by atoms with E-state index in [-0.39, 0.29) is 17.7 Å². The van der Waals surface area contributed by atoms with Crippen LogP contribution >= 0.6 is 0 Å². The fourth-order valence-electron chi connectivity index (χ4n) is 1.77. The Bertz CT molecular complexity index is 475. The topological polar surface area (TPSA) is 64.3 Å². The quantitative estimate of drug-likeness (QED) is 0.813. The van der Waals surface area contributed by atoms with Gasteiger partial charge in [0.1, 0.15) is 0 Å². The molecule has 0 aliphatic heterocycles. The summed E-state index contributed by atoms with van der Waals surface area (Å²) in [5.41, 5.74) is 6.38. The Kier molecular flexibility index (Phi) is 6.62. The molecule has 0 fully saturated rings. The van der Waals surface area contributed by atoms with E-state index in [1.165, 1.54) is 12.1 Å². The summed E-state index contributed by atoms with van der Waals surface area (Å²) in [5.74, 6) is -0.173. The maximum atomic E-state index is 13.9. The highest BCUT2D eigenvalue weighted by atomic mass is 19.1. The van der Waals surface area contributed by atoms with Crippen molar-refractivity contribution in [1.82, 2.24) is 5.32 Å². The Morgan fingerprint density at radius 1 is 1.33 bits per heavy atom. The molecule has 2 atom stereocenters. The molecule has 0 saturated carbocycles. The zero-order valence-electron chi connectivity index (χ0n) is 13.2. The van der Waals surface area contributed by atoms with Gasteiger partial charge in [-0.3, -0.25) is 4.79 Å². The number of halogens is 1. The SMILES string of the molecule is CC(C)CCNC(=O)C(C)Oc1ccc(C(C)N)cc1F. The summed E-state index contributed by atoms with van der Waals surface area (Å²) in [4.78, 5) is 11.8. The number of benzene rings is 1. The molecule has 1 rings (SSSR count). The smallest absolute Gasteiger partial charge is 0.260 e. The largest absolute Gasteiger partial charge is 0.478 e. The second kappa shape index (κ2) is 7.98. The van der Waals surface area contributed by atoms with E-state index in [2.05, 4.69) is 19.2 Å². The Labute approximate surface area is 125 Å². The van der Waals surface area contributed by atoms with Crippen LogP contribution < -0.4 is 15.8 Å². The standard InChI is InChI=1S/C16H25FN2O2/c1-10(2)7-8-19-16(20)12(4)21-15-6-5-13(11(3)18)9-14(15)17/h5-6,9-12H,7-8,18H2,1-4H3,(H,19,20). The van der Waals surface area contributed by atoms with Crippen molar-refractivity contribution in [1.29, 1.82) is 0 Å². The molecule has 4 nitrogen and oxygen atoms in total. The molecule has 0 heterocycles. The summed E-state index contributed by atoms with van der Waals surface area (Å²) in [6.07, 6.45) is 0.156. The van der Waals surface area contributed by atoms with Crippen molar-refractivity contribution >= 4 is 5.91 Å². The summed E-state index contributed by atoms with van der Waals surface area (Å²) in [5, 5.41) is 2.78. The van der Waals surface area contributed by atoms with E-state index in [9.17, 15) is 9.18 Å². The van der Waals surface area contributed by atoms with E-state index >= 15 is 0 Å². The first-order valence-corrected chi connectivity index (χ1v) is 7.30. The molecule has 118 valence electrons. The van der Waals surface area contributed by atoms with Crippen LogP contribution in [-0.2, 0) is 4.79 Å². The van der Waals surface area contributed by atoms with Gasteiger partial charge in [-0.25, -0.2) is 4.39 Å². The Morgan fingerprint density at radius 3 is 2.52 bits per heavy atom. The number of rotatable bonds is 7. The van der Waals surface area contributed by atoms with Crippen molar-refractivity contribution in [2.75, 3.05) is 6.54 Å². The van der Waals surface area contributed by atoms with Gasteiger partial charge in [0, 0.05) is 12.6 Å². The molecule has 1 amide bonds. The number of nitrogens with two attached hydrogens (primary N) is 1. The maximum absolute atomic E-state index is 13.9. The molecule has 0 bridgehead atoms. The Morgan fingerprint density at radius 2 is 2.00 bits per heavy atom. The van der Waals surface area contributed by atoms with Crippen molar-refractivity contribution in [2.24, 2.45) is 11.7 Å². The molecule has 2 unspecified atom stereocenters. The van der Waals surface area contributed by atoms with E-state index < -0.39 is 11.9 Å². The van der Waals surface area contributed by atoms with Gasteiger partial charge in [0.05, 0.1) is 0 Å². The summed E-state index contributed by atoms with van der Waals surface area (Å²) < 4.78 is 19.3. The molecule has 0 radical (unpaired) electrons. The number of ether oxygens (including phenoxy) is 1. The zero-order valence-corrected chi connectivity index (χ0v) is 13.2. The van der Waals surface area contributed by atoms with Crippen molar-refractivity contribution in [2.45, 2.75) is 46.3 Å². The van der Waals surface area contributed by atoms with Crippen molar-refractivity contribution in [3.63, 3.8) is 0 Å². The molecular formula is C16H25FN2O2. The van der Waals surface area contributed by atoms with Crippen LogP contribution in [0.2, 0.25) is 0 Å². The summed E-state index contributed by atoms with van der Waals surface area (Å²) >= 11 is 0. The van der Waals surface area contributed by atoms with Crippen molar-refractivity contribution in [3.05, 3.63) is 29.6 Å². The van der Waals surface area contributed by atoms with E-state index in [1.54, 1.807) is 19.9 Å². The molecule has 0 aliphatic rings. The van der Waals surface area contributed by atoms with Crippen LogP contribution in [0.4, 0.5) is 4.39 Å². The number of nitrogens with one attached hydrogen (secondary N) is 1. The fraction of sp³-hybridized carbons (Fsp3) is 0.562. The molecule has 1 aromatic carbocycles. The molecule has 5 heteroatoms. The minimum Gasteiger partial charge on any atom is -0.478 e. The highest BCUT2D eigenvalue weighted by molar-refractivity contribution is 5.80. The van der Waals surface area contributed by atoms with Crippen molar-refractivity contribution in [3.8, 4) is 5.75 Å². The fourth-order valence-corrected chi connectivity index (χ4v) is 1.77. The van der Waals surface area contributed by atoms with Gasteiger partial charge in [-0.1, -0.05) is 19.9 Å². The maximum Gasteiger partial charge on any atom is 0.260 e. The van der Waals surface area contributed by atoms with E-state index in [1.807, 2.05) is 0 Å². The highest BCUT2D eigenvalue weighted by Crippen LogP contribution is 2.22. The third-order valence-electron chi connectivity index (χ3n) is 3.18. The van der Waals surface area contributed by atoms with Crippen LogP contribution in [0.3, 0.4) is 0 Å². The van der Waals surface area contributed by atoms with E-state index in [4.69, 9.17) is 10.5 Å². The number of hydrogen-bond acceptors (Lipinski definition) is 3. The van der Waals surface area contributed by atoms with Gasteiger partial charge in [-0.15, -0.1) is 0 Å². The molecule has 0 spiro atoms. The second-order valence-electron chi connectivity index (χ2n) is 5.71. The monoisotopic (exact) mass is 296 g/mol. The van der Waals surface area contributed by atoms with Crippen LogP contribution in [0.25, 0.3) is 0 Å². The average Bonchev–Trinajstić information content (AvgIpc) is 2.40. The first-order valence-electron chi connectivity index (χ1n) is 7.30. The molecule has 3 N–H and O–H groups in total. The Hall–Kier alpha value is -1.62. The minimum absolute atomic E-state index is 0.0610. The highest BCUT2D eigenvalue weighted by Gasteiger charge is 2.16. The predicted molar refractivity (Wildman–Crippen MR) is 81.6 cm³/mol. The third kappa shape index (κ3) is 5.71. The lowest BCUT2D eigenvalue weighted by Gasteiger charge is -2.16.